The lowest BCUT2D eigenvalue weighted by Crippen LogP contribution is -2.39. The van der Waals surface area contributed by atoms with Gasteiger partial charge >= 0.3 is 0 Å². The van der Waals surface area contributed by atoms with E-state index in [1.165, 1.54) is 0 Å². The Kier molecular flexibility index (Phi) is 4.33. The molecule has 0 amide bonds. The fourth-order valence-electron chi connectivity index (χ4n) is 2.43. The predicted molar refractivity (Wildman–Crippen MR) is 69.8 cm³/mol. The van der Waals surface area contributed by atoms with E-state index in [9.17, 15) is 8.78 Å². The maximum Gasteiger partial charge on any atom is 0.150 e. The van der Waals surface area contributed by atoms with Crippen LogP contribution in [0.3, 0.4) is 0 Å². The Morgan fingerprint density at radius 2 is 2.11 bits per heavy atom. The highest BCUT2D eigenvalue weighted by molar-refractivity contribution is 5.51. The molecule has 1 saturated heterocycles. The molecule has 0 aromatic heterocycles. The molecule has 1 aromatic rings. The van der Waals surface area contributed by atoms with Gasteiger partial charge in [-0.25, -0.2) is 8.78 Å². The van der Waals surface area contributed by atoms with Gasteiger partial charge in [-0.05, 0) is 50.9 Å². The molecule has 0 saturated carbocycles. The smallest absolute Gasteiger partial charge is 0.150 e. The molecule has 1 fully saturated rings. The normalized spacial score (nSPS) is 20.6. The minimum Gasteiger partial charge on any atom is -0.378 e. The van der Waals surface area contributed by atoms with Gasteiger partial charge < -0.3 is 10.6 Å². The lowest BCUT2D eigenvalue weighted by atomic mass is 9.92. The van der Waals surface area contributed by atoms with Crippen molar-refractivity contribution in [1.29, 1.82) is 5.26 Å². The zero-order valence-electron chi connectivity index (χ0n) is 10.8. The van der Waals surface area contributed by atoms with Crippen molar-refractivity contribution in [1.82, 2.24) is 5.32 Å². The maximum absolute atomic E-state index is 13.8. The fourth-order valence-corrected chi connectivity index (χ4v) is 2.43. The quantitative estimate of drug-likeness (QED) is 0.883. The number of nitrogens with one attached hydrogen (secondary N) is 2. The van der Waals surface area contributed by atoms with E-state index in [-0.39, 0.29) is 17.3 Å². The Bertz CT molecular complexity index is 467. The van der Waals surface area contributed by atoms with Crippen molar-refractivity contribution >= 4 is 5.69 Å². The first kappa shape index (κ1) is 13.8. The molecule has 2 unspecified atom stereocenters. The number of benzene rings is 1. The van der Waals surface area contributed by atoms with Crippen LogP contribution in [0.25, 0.3) is 0 Å². The standard InChI is InChI=1S/C14H17F2N3/c1-9(11-3-2-4-18-8-11)19-14-12(15)5-10(7-17)6-13(14)16/h5-6,9,11,18-19H,2-4,8H2,1H3. The van der Waals surface area contributed by atoms with E-state index in [2.05, 4.69) is 10.6 Å². The van der Waals surface area contributed by atoms with Crippen LogP contribution in [0, 0.1) is 28.9 Å². The largest absolute Gasteiger partial charge is 0.378 e. The summed E-state index contributed by atoms with van der Waals surface area (Å²) in [6.07, 6.45) is 2.12. The molecule has 2 atom stereocenters. The van der Waals surface area contributed by atoms with Gasteiger partial charge in [0.2, 0.25) is 0 Å². The predicted octanol–water partition coefficient (Wildman–Crippen LogP) is 2.64. The number of nitrogens with zero attached hydrogens (tertiary/aromatic N) is 1. The number of hydrogen-bond acceptors (Lipinski definition) is 3. The van der Waals surface area contributed by atoms with Gasteiger partial charge in [0.1, 0.15) is 5.69 Å². The molecule has 19 heavy (non-hydrogen) atoms. The van der Waals surface area contributed by atoms with E-state index >= 15 is 0 Å². The van der Waals surface area contributed by atoms with Crippen molar-refractivity contribution < 1.29 is 8.78 Å². The van der Waals surface area contributed by atoms with Crippen molar-refractivity contribution in [2.45, 2.75) is 25.8 Å². The molecule has 1 aliphatic rings. The zero-order valence-corrected chi connectivity index (χ0v) is 10.8. The molecule has 0 spiro atoms. The summed E-state index contributed by atoms with van der Waals surface area (Å²) in [7, 11) is 0. The number of anilines is 1. The Hall–Kier alpha value is -1.67. The van der Waals surface area contributed by atoms with E-state index in [0.29, 0.717) is 5.92 Å². The van der Waals surface area contributed by atoms with E-state index < -0.39 is 11.6 Å². The third-order valence-electron chi connectivity index (χ3n) is 3.59. The van der Waals surface area contributed by atoms with Crippen LogP contribution in [0.2, 0.25) is 0 Å². The molecule has 1 aromatic carbocycles. The zero-order chi connectivity index (χ0) is 13.8. The molecule has 5 heteroatoms. The molecule has 1 heterocycles. The van der Waals surface area contributed by atoms with Crippen molar-refractivity contribution in [2.24, 2.45) is 5.92 Å². The van der Waals surface area contributed by atoms with Crippen molar-refractivity contribution in [3.63, 3.8) is 0 Å². The van der Waals surface area contributed by atoms with Gasteiger partial charge in [-0.2, -0.15) is 5.26 Å². The molecule has 3 nitrogen and oxygen atoms in total. The monoisotopic (exact) mass is 265 g/mol. The van der Waals surface area contributed by atoms with Crippen LogP contribution in [0.1, 0.15) is 25.3 Å². The van der Waals surface area contributed by atoms with Crippen molar-refractivity contribution in [2.75, 3.05) is 18.4 Å². The van der Waals surface area contributed by atoms with Crippen LogP contribution in [0.5, 0.6) is 0 Å². The summed E-state index contributed by atoms with van der Waals surface area (Å²) < 4.78 is 27.5. The molecular weight excluding hydrogens is 248 g/mol. The Morgan fingerprint density at radius 3 is 2.63 bits per heavy atom. The highest BCUT2D eigenvalue weighted by Crippen LogP contribution is 2.24. The van der Waals surface area contributed by atoms with Crippen LogP contribution in [0.15, 0.2) is 12.1 Å². The molecule has 102 valence electrons. The number of halogens is 2. The van der Waals surface area contributed by atoms with E-state index in [1.807, 2.05) is 6.92 Å². The minimum absolute atomic E-state index is 0.00691. The SMILES string of the molecule is CC(Nc1c(F)cc(C#N)cc1F)C1CCCNC1. The van der Waals surface area contributed by atoms with Crippen molar-refractivity contribution in [3.8, 4) is 6.07 Å². The highest BCUT2D eigenvalue weighted by Gasteiger charge is 2.22. The fraction of sp³-hybridized carbons (Fsp3) is 0.500. The number of nitriles is 1. The summed E-state index contributed by atoms with van der Waals surface area (Å²) in [6.45, 7) is 3.78. The van der Waals surface area contributed by atoms with Crippen molar-refractivity contribution in [3.05, 3.63) is 29.3 Å². The van der Waals surface area contributed by atoms with Crippen LogP contribution >= 0.6 is 0 Å². The lowest BCUT2D eigenvalue weighted by Gasteiger charge is -2.29. The van der Waals surface area contributed by atoms with Crippen LogP contribution in [0.4, 0.5) is 14.5 Å². The third-order valence-corrected chi connectivity index (χ3v) is 3.59. The van der Waals surface area contributed by atoms with E-state index in [4.69, 9.17) is 5.26 Å². The van der Waals surface area contributed by atoms with Gasteiger partial charge in [-0.15, -0.1) is 0 Å². The highest BCUT2D eigenvalue weighted by atomic mass is 19.1. The van der Waals surface area contributed by atoms with Crippen LogP contribution in [-0.4, -0.2) is 19.1 Å². The van der Waals surface area contributed by atoms with Crippen LogP contribution in [-0.2, 0) is 0 Å². The summed E-state index contributed by atoms with van der Waals surface area (Å²) in [5, 5.41) is 14.8. The molecule has 2 N–H and O–H groups in total. The molecule has 0 bridgehead atoms. The first-order chi connectivity index (χ1) is 9.11. The van der Waals surface area contributed by atoms with Crippen LogP contribution < -0.4 is 10.6 Å². The summed E-state index contributed by atoms with van der Waals surface area (Å²) in [5.74, 6) is -1.08. The second-order valence-electron chi connectivity index (χ2n) is 4.97. The third kappa shape index (κ3) is 3.21. The molecular formula is C14H17F2N3. The van der Waals surface area contributed by atoms with Gasteiger partial charge in [0.25, 0.3) is 0 Å². The Labute approximate surface area is 111 Å². The van der Waals surface area contributed by atoms with Gasteiger partial charge in [0.05, 0.1) is 11.6 Å². The van der Waals surface area contributed by atoms with Gasteiger partial charge in [0, 0.05) is 6.04 Å². The Morgan fingerprint density at radius 1 is 1.42 bits per heavy atom. The molecule has 0 radical (unpaired) electrons. The molecule has 1 aliphatic heterocycles. The summed E-state index contributed by atoms with van der Waals surface area (Å²) in [4.78, 5) is 0. The number of hydrogen-bond donors (Lipinski definition) is 2. The number of piperidine rings is 1. The minimum atomic E-state index is -0.716. The second kappa shape index (κ2) is 5.98. The summed E-state index contributed by atoms with van der Waals surface area (Å²) in [5.41, 5.74) is -0.149. The Balaban J connectivity index is 2.12. The van der Waals surface area contributed by atoms with Gasteiger partial charge in [0.15, 0.2) is 11.6 Å². The summed E-state index contributed by atoms with van der Waals surface area (Å²) in [6, 6.07) is 3.82. The first-order valence-electron chi connectivity index (χ1n) is 6.48. The number of rotatable bonds is 3. The van der Waals surface area contributed by atoms with Gasteiger partial charge in [-0.1, -0.05) is 0 Å². The molecule has 2 rings (SSSR count). The van der Waals surface area contributed by atoms with E-state index in [1.54, 1.807) is 6.07 Å². The molecule has 0 aliphatic carbocycles. The second-order valence-corrected chi connectivity index (χ2v) is 4.97. The average Bonchev–Trinajstić information content (AvgIpc) is 2.43. The average molecular weight is 265 g/mol. The topological polar surface area (TPSA) is 47.9 Å². The maximum atomic E-state index is 13.8. The first-order valence-corrected chi connectivity index (χ1v) is 6.48. The van der Waals surface area contributed by atoms with Gasteiger partial charge in [-0.3, -0.25) is 0 Å². The lowest BCUT2D eigenvalue weighted by molar-refractivity contribution is 0.345. The summed E-state index contributed by atoms with van der Waals surface area (Å²) >= 11 is 0. The van der Waals surface area contributed by atoms with E-state index in [0.717, 1.165) is 38.1 Å².